The Morgan fingerprint density at radius 3 is 2.73 bits per heavy atom. The van der Waals surface area contributed by atoms with Crippen molar-refractivity contribution in [2.24, 2.45) is 0 Å². The van der Waals surface area contributed by atoms with Gasteiger partial charge in [0, 0.05) is 10.2 Å². The zero-order valence-electron chi connectivity index (χ0n) is 8.66. The molecule has 1 aromatic rings. The van der Waals surface area contributed by atoms with E-state index in [-0.39, 0.29) is 0 Å². The molecule has 4 heteroatoms. The van der Waals surface area contributed by atoms with Crippen molar-refractivity contribution in [2.75, 3.05) is 0 Å². The third-order valence-electron chi connectivity index (χ3n) is 2.00. The summed E-state index contributed by atoms with van der Waals surface area (Å²) in [5, 5.41) is 8.94. The predicted molar refractivity (Wildman–Crippen MR) is 67.2 cm³/mol. The van der Waals surface area contributed by atoms with Crippen LogP contribution in [0.4, 0.5) is 0 Å². The predicted octanol–water partition coefficient (Wildman–Crippen LogP) is 3.55. The van der Waals surface area contributed by atoms with Gasteiger partial charge < -0.3 is 5.11 Å². The highest BCUT2D eigenvalue weighted by Crippen LogP contribution is 2.28. The van der Waals surface area contributed by atoms with Crippen LogP contribution < -0.4 is 0 Å². The lowest BCUT2D eigenvalue weighted by molar-refractivity contribution is -0.138. The van der Waals surface area contributed by atoms with Crippen LogP contribution in [0.25, 0.3) is 0 Å². The molecule has 0 bridgehead atoms. The molecule has 1 N–H and O–H groups in total. The summed E-state index contributed by atoms with van der Waals surface area (Å²) < 4.78 is 0.288. The molecule has 0 radical (unpaired) electrons. The van der Waals surface area contributed by atoms with Crippen molar-refractivity contribution >= 4 is 33.7 Å². The number of hydrogen-bond acceptors (Lipinski definition) is 2. The van der Waals surface area contributed by atoms with Gasteiger partial charge in [0.15, 0.2) is 0 Å². The van der Waals surface area contributed by atoms with E-state index in [2.05, 4.69) is 15.9 Å². The summed E-state index contributed by atoms with van der Waals surface area (Å²) in [7, 11) is 0. The van der Waals surface area contributed by atoms with E-state index in [0.29, 0.717) is 5.75 Å². The molecule has 1 rings (SSSR count). The summed E-state index contributed by atoms with van der Waals surface area (Å²) in [6.07, 6.45) is 0. The molecule has 0 atom stereocenters. The van der Waals surface area contributed by atoms with Crippen molar-refractivity contribution in [2.45, 2.75) is 24.3 Å². The molecular weight excluding hydrogens is 276 g/mol. The zero-order chi connectivity index (χ0) is 11.5. The number of carbonyl (C=O) groups is 1. The van der Waals surface area contributed by atoms with Gasteiger partial charge in [-0.05, 0) is 31.5 Å². The lowest BCUT2D eigenvalue weighted by Crippen LogP contribution is -2.27. The van der Waals surface area contributed by atoms with E-state index in [4.69, 9.17) is 5.11 Å². The van der Waals surface area contributed by atoms with E-state index in [1.165, 1.54) is 11.8 Å². The van der Waals surface area contributed by atoms with Crippen molar-refractivity contribution in [1.82, 2.24) is 0 Å². The maximum atomic E-state index is 10.9. The third-order valence-corrected chi connectivity index (χ3v) is 3.87. The second kappa shape index (κ2) is 5.03. The van der Waals surface area contributed by atoms with Crippen molar-refractivity contribution < 1.29 is 9.90 Å². The van der Waals surface area contributed by atoms with Crippen LogP contribution in [0.1, 0.15) is 19.4 Å². The summed E-state index contributed by atoms with van der Waals surface area (Å²) in [6, 6.07) is 7.91. The lowest BCUT2D eigenvalue weighted by atomic mass is 10.2. The summed E-state index contributed by atoms with van der Waals surface area (Å²) in [5.74, 6) is -0.0684. The van der Waals surface area contributed by atoms with Gasteiger partial charge in [0.25, 0.3) is 0 Å². The fourth-order valence-corrected chi connectivity index (χ4v) is 2.23. The fourth-order valence-electron chi connectivity index (χ4n) is 0.952. The maximum absolute atomic E-state index is 10.9. The van der Waals surface area contributed by atoms with Crippen molar-refractivity contribution in [3.8, 4) is 0 Å². The Morgan fingerprint density at radius 1 is 1.53 bits per heavy atom. The van der Waals surface area contributed by atoms with Gasteiger partial charge in [0.05, 0.1) is 0 Å². The molecule has 0 aliphatic rings. The largest absolute Gasteiger partial charge is 0.480 e. The van der Waals surface area contributed by atoms with Gasteiger partial charge in [-0.1, -0.05) is 28.1 Å². The molecule has 0 aromatic heterocycles. The molecule has 0 aliphatic heterocycles. The van der Waals surface area contributed by atoms with Crippen LogP contribution in [0.3, 0.4) is 0 Å². The van der Waals surface area contributed by atoms with Gasteiger partial charge >= 0.3 is 5.97 Å². The van der Waals surface area contributed by atoms with Crippen molar-refractivity contribution in [3.05, 3.63) is 34.3 Å². The van der Waals surface area contributed by atoms with Gasteiger partial charge in [-0.2, -0.15) is 0 Å². The molecule has 0 unspecified atom stereocenters. The van der Waals surface area contributed by atoms with Crippen LogP contribution in [0.2, 0.25) is 0 Å². The highest BCUT2D eigenvalue weighted by Gasteiger charge is 2.27. The SMILES string of the molecule is CC(C)(SCc1cccc(Br)c1)C(=O)O. The molecular formula is C11H13BrO2S. The second-order valence-corrected chi connectivity index (χ2v) is 6.25. The highest BCUT2D eigenvalue weighted by atomic mass is 79.9. The number of carboxylic acids is 1. The van der Waals surface area contributed by atoms with Crippen LogP contribution in [-0.4, -0.2) is 15.8 Å². The molecule has 0 heterocycles. The fraction of sp³-hybridized carbons (Fsp3) is 0.364. The van der Waals surface area contributed by atoms with Gasteiger partial charge in [-0.3, -0.25) is 4.79 Å². The molecule has 0 amide bonds. The summed E-state index contributed by atoms with van der Waals surface area (Å²) in [5.41, 5.74) is 1.13. The topological polar surface area (TPSA) is 37.3 Å². The molecule has 1 aromatic carbocycles. The first-order valence-electron chi connectivity index (χ1n) is 4.53. The van der Waals surface area contributed by atoms with E-state index >= 15 is 0 Å². The first-order chi connectivity index (χ1) is 6.92. The zero-order valence-corrected chi connectivity index (χ0v) is 11.1. The second-order valence-electron chi connectivity index (χ2n) is 3.73. The smallest absolute Gasteiger partial charge is 0.319 e. The number of halogens is 1. The van der Waals surface area contributed by atoms with Crippen LogP contribution >= 0.6 is 27.7 Å². The van der Waals surface area contributed by atoms with E-state index in [1.807, 2.05) is 24.3 Å². The molecule has 82 valence electrons. The van der Waals surface area contributed by atoms with Crippen molar-refractivity contribution in [1.29, 1.82) is 0 Å². The van der Waals surface area contributed by atoms with E-state index in [1.54, 1.807) is 13.8 Å². The number of hydrogen-bond donors (Lipinski definition) is 1. The highest BCUT2D eigenvalue weighted by molar-refractivity contribution is 9.10. The summed E-state index contributed by atoms with van der Waals surface area (Å²) in [4.78, 5) is 10.9. The Hall–Kier alpha value is -0.480. The molecule has 0 spiro atoms. The Morgan fingerprint density at radius 2 is 2.20 bits per heavy atom. The number of thioether (sulfide) groups is 1. The van der Waals surface area contributed by atoms with Gasteiger partial charge in [-0.25, -0.2) is 0 Å². The van der Waals surface area contributed by atoms with Crippen LogP contribution in [0, 0.1) is 0 Å². The Kier molecular flexibility index (Phi) is 4.22. The average molecular weight is 289 g/mol. The minimum Gasteiger partial charge on any atom is -0.480 e. The van der Waals surface area contributed by atoms with E-state index < -0.39 is 10.7 Å². The number of benzene rings is 1. The first kappa shape index (κ1) is 12.6. The molecule has 0 saturated carbocycles. The molecule has 0 saturated heterocycles. The minimum absolute atomic E-state index is 0.707. The van der Waals surface area contributed by atoms with Gasteiger partial charge in [0.2, 0.25) is 0 Å². The number of aliphatic carboxylic acids is 1. The maximum Gasteiger partial charge on any atom is 0.319 e. The average Bonchev–Trinajstić information content (AvgIpc) is 2.15. The Balaban J connectivity index is 2.61. The third kappa shape index (κ3) is 3.87. The number of rotatable bonds is 4. The van der Waals surface area contributed by atoms with Gasteiger partial charge in [-0.15, -0.1) is 11.8 Å². The summed E-state index contributed by atoms with van der Waals surface area (Å²) >= 11 is 4.81. The molecule has 15 heavy (non-hydrogen) atoms. The van der Waals surface area contributed by atoms with Crippen LogP contribution in [0.15, 0.2) is 28.7 Å². The monoisotopic (exact) mass is 288 g/mol. The van der Waals surface area contributed by atoms with Gasteiger partial charge in [0.1, 0.15) is 4.75 Å². The van der Waals surface area contributed by atoms with Crippen LogP contribution in [0.5, 0.6) is 0 Å². The standard InChI is InChI=1S/C11H13BrO2S/c1-11(2,10(13)14)15-7-8-4-3-5-9(12)6-8/h3-6H,7H2,1-2H3,(H,13,14). The molecule has 0 aliphatic carbocycles. The van der Waals surface area contributed by atoms with Crippen LogP contribution in [-0.2, 0) is 10.5 Å². The first-order valence-corrected chi connectivity index (χ1v) is 6.31. The van der Waals surface area contributed by atoms with E-state index in [0.717, 1.165) is 10.0 Å². The normalized spacial score (nSPS) is 11.4. The Labute approximate surface area is 102 Å². The van der Waals surface area contributed by atoms with Crippen molar-refractivity contribution in [3.63, 3.8) is 0 Å². The van der Waals surface area contributed by atoms with E-state index in [9.17, 15) is 4.79 Å². The number of carboxylic acid groups (broad SMARTS) is 1. The quantitative estimate of drug-likeness (QED) is 0.921. The molecule has 2 nitrogen and oxygen atoms in total. The Bertz CT molecular complexity index is 363. The molecule has 0 fully saturated rings. The lowest BCUT2D eigenvalue weighted by Gasteiger charge is -2.18. The minimum atomic E-state index is -0.775. The summed E-state index contributed by atoms with van der Waals surface area (Å²) in [6.45, 7) is 3.44.